The van der Waals surface area contributed by atoms with Gasteiger partial charge in [0.2, 0.25) is 5.91 Å². The lowest BCUT2D eigenvalue weighted by Gasteiger charge is -2.38. The van der Waals surface area contributed by atoms with Crippen LogP contribution in [0.4, 0.5) is 9.59 Å². The minimum Gasteiger partial charge on any atom is -0.473 e. The highest BCUT2D eigenvalue weighted by Gasteiger charge is 2.33. The maximum absolute atomic E-state index is 12.0. The third kappa shape index (κ3) is 15.9. The van der Waals surface area contributed by atoms with Gasteiger partial charge in [0.05, 0.1) is 52.5 Å². The number of likely N-dealkylation sites (tertiary alicyclic amines) is 2. The minimum atomic E-state index is -1.82. The van der Waals surface area contributed by atoms with Crippen LogP contribution in [0.15, 0.2) is 59.3 Å². The van der Waals surface area contributed by atoms with Crippen LogP contribution in [0, 0.1) is 0 Å². The average Bonchev–Trinajstić information content (AvgIpc) is 3.83. The summed E-state index contributed by atoms with van der Waals surface area (Å²) in [6.07, 6.45) is 1.61. The number of amides is 1. The Balaban J connectivity index is 0.000000221. The molecule has 0 aliphatic carbocycles. The third-order valence-corrected chi connectivity index (χ3v) is 10.5. The number of carbonyl (C=O) groups excluding carboxylic acids is 3. The number of fused-ring (bicyclic) bond motifs is 2. The molecule has 0 bridgehead atoms. The summed E-state index contributed by atoms with van der Waals surface area (Å²) in [7, 11) is 0. The van der Waals surface area contributed by atoms with Crippen LogP contribution in [0.1, 0.15) is 37.8 Å². The van der Waals surface area contributed by atoms with Crippen molar-refractivity contribution < 1.29 is 62.6 Å². The van der Waals surface area contributed by atoms with E-state index in [0.717, 1.165) is 52.1 Å². The van der Waals surface area contributed by atoms with Crippen LogP contribution in [-0.2, 0) is 55.6 Å². The minimum absolute atomic E-state index is 0.0213. The number of benzene rings is 2. The molecule has 2 N–H and O–H groups in total. The fourth-order valence-electron chi connectivity index (χ4n) is 5.71. The van der Waals surface area contributed by atoms with Gasteiger partial charge in [-0.05, 0) is 90.0 Å². The Labute approximate surface area is 338 Å². The normalized spacial score (nSPS) is 14.0. The van der Waals surface area contributed by atoms with Crippen LogP contribution in [0.3, 0.4) is 0 Å². The lowest BCUT2D eigenvalue weighted by atomic mass is 10.1. The lowest BCUT2D eigenvalue weighted by molar-refractivity contribution is -0.159. The van der Waals surface area contributed by atoms with Gasteiger partial charge in [0, 0.05) is 35.6 Å². The molecule has 0 atom stereocenters. The van der Waals surface area contributed by atoms with Crippen LogP contribution in [0.25, 0.3) is 20.2 Å². The highest BCUT2D eigenvalue weighted by molar-refractivity contribution is 7.17. The van der Waals surface area contributed by atoms with Crippen LogP contribution in [0.5, 0.6) is 0 Å². The molecule has 2 aliphatic heterocycles. The summed E-state index contributed by atoms with van der Waals surface area (Å²) < 4.78 is 33.6. The molecule has 2 aromatic heterocycles. The van der Waals surface area contributed by atoms with Gasteiger partial charge >= 0.3 is 24.2 Å². The molecular formula is C40H50N2O13S2. The molecule has 4 heterocycles. The molecule has 15 nitrogen and oxygen atoms in total. The molecule has 2 fully saturated rings. The SMILES string of the molecule is CCOC(=O)OC1CN(C(=O)CCOCCc2ccc3sccc3c2)C1.CCOC(=O)OC1CN(CCCOCCc2ccc3sccc3c2)C1.O=C(O)C(=O)O. The Morgan fingerprint density at radius 1 is 0.667 bits per heavy atom. The van der Waals surface area contributed by atoms with Gasteiger partial charge in [-0.15, -0.1) is 22.7 Å². The number of hydrogen-bond donors (Lipinski definition) is 2. The van der Waals surface area contributed by atoms with Gasteiger partial charge in [-0.2, -0.15) is 0 Å². The van der Waals surface area contributed by atoms with E-state index in [4.69, 9.17) is 48.2 Å². The molecule has 1 amide bonds. The summed E-state index contributed by atoms with van der Waals surface area (Å²) in [6, 6.07) is 17.4. The zero-order chi connectivity index (χ0) is 41.0. The van der Waals surface area contributed by atoms with Gasteiger partial charge in [0.25, 0.3) is 0 Å². The first-order valence-electron chi connectivity index (χ1n) is 18.8. The van der Waals surface area contributed by atoms with E-state index in [0.29, 0.717) is 39.3 Å². The number of rotatable bonds is 17. The highest BCUT2D eigenvalue weighted by atomic mass is 32.1. The number of carboxylic acid groups (broad SMARTS) is 2. The number of carbonyl (C=O) groups is 5. The lowest BCUT2D eigenvalue weighted by Crippen LogP contribution is -2.55. The van der Waals surface area contributed by atoms with Crippen LogP contribution < -0.4 is 0 Å². The maximum Gasteiger partial charge on any atom is 0.508 e. The Kier molecular flexibility index (Phi) is 19.0. The predicted molar refractivity (Wildman–Crippen MR) is 214 cm³/mol. The molecule has 6 rings (SSSR count). The van der Waals surface area contributed by atoms with Gasteiger partial charge in [0.15, 0.2) is 0 Å². The van der Waals surface area contributed by atoms with E-state index < -0.39 is 24.2 Å². The van der Waals surface area contributed by atoms with Crippen molar-refractivity contribution in [3.05, 3.63) is 70.4 Å². The largest absolute Gasteiger partial charge is 0.508 e. The van der Waals surface area contributed by atoms with E-state index >= 15 is 0 Å². The summed E-state index contributed by atoms with van der Waals surface area (Å²) in [5.74, 6) is -3.63. The fraction of sp³-hybridized carbons (Fsp3) is 0.475. The zero-order valence-corrected chi connectivity index (χ0v) is 33.8. The number of ether oxygens (including phenoxy) is 6. The summed E-state index contributed by atoms with van der Waals surface area (Å²) in [6.45, 7) is 10.1. The van der Waals surface area contributed by atoms with E-state index in [1.54, 1.807) is 41.4 Å². The maximum atomic E-state index is 12.0. The summed E-state index contributed by atoms with van der Waals surface area (Å²) >= 11 is 3.52. The van der Waals surface area contributed by atoms with E-state index in [-0.39, 0.29) is 24.7 Å². The van der Waals surface area contributed by atoms with Crippen molar-refractivity contribution in [3.63, 3.8) is 0 Å². The zero-order valence-electron chi connectivity index (χ0n) is 32.1. The molecule has 310 valence electrons. The van der Waals surface area contributed by atoms with Gasteiger partial charge < -0.3 is 43.5 Å². The first-order chi connectivity index (χ1) is 27.5. The van der Waals surface area contributed by atoms with Crippen molar-refractivity contribution in [2.24, 2.45) is 0 Å². The number of carboxylic acids is 2. The van der Waals surface area contributed by atoms with E-state index in [2.05, 4.69) is 64.2 Å². The number of thiophene rings is 2. The molecule has 0 unspecified atom stereocenters. The van der Waals surface area contributed by atoms with Gasteiger partial charge in [0.1, 0.15) is 12.2 Å². The molecule has 2 aliphatic rings. The van der Waals surface area contributed by atoms with Gasteiger partial charge in [-0.25, -0.2) is 19.2 Å². The van der Waals surface area contributed by atoms with Crippen LogP contribution in [-0.4, -0.2) is 135 Å². The third-order valence-electron chi connectivity index (χ3n) is 8.68. The second-order valence-electron chi connectivity index (χ2n) is 12.9. The molecule has 2 saturated heterocycles. The van der Waals surface area contributed by atoms with Crippen molar-refractivity contribution >= 4 is 73.0 Å². The molecule has 57 heavy (non-hydrogen) atoms. The predicted octanol–water partition coefficient (Wildman–Crippen LogP) is 6.10. The molecular weight excluding hydrogens is 781 g/mol. The first kappa shape index (κ1) is 44.9. The summed E-state index contributed by atoms with van der Waals surface area (Å²) in [4.78, 5) is 56.5. The Bertz CT molecular complexity index is 1870. The molecule has 0 saturated carbocycles. The highest BCUT2D eigenvalue weighted by Crippen LogP contribution is 2.23. The Morgan fingerprint density at radius 2 is 1.16 bits per heavy atom. The van der Waals surface area contributed by atoms with Crippen LogP contribution in [0.2, 0.25) is 0 Å². The summed E-state index contributed by atoms with van der Waals surface area (Å²) in [5, 5.41) is 21.6. The monoisotopic (exact) mass is 830 g/mol. The number of hydrogen-bond acceptors (Lipinski definition) is 14. The van der Waals surface area contributed by atoms with Crippen molar-refractivity contribution in [3.8, 4) is 0 Å². The first-order valence-corrected chi connectivity index (χ1v) is 20.5. The molecule has 0 spiro atoms. The number of aliphatic carboxylic acids is 2. The van der Waals surface area contributed by atoms with Gasteiger partial charge in [-0.3, -0.25) is 9.69 Å². The number of nitrogens with zero attached hydrogens (tertiary/aromatic N) is 2. The second kappa shape index (κ2) is 24.1. The van der Waals surface area contributed by atoms with Crippen molar-refractivity contribution in [1.82, 2.24) is 9.80 Å². The second-order valence-corrected chi connectivity index (χ2v) is 14.8. The smallest absolute Gasteiger partial charge is 0.473 e. The Hall–Kier alpha value is -4.81. The van der Waals surface area contributed by atoms with Crippen LogP contribution >= 0.6 is 22.7 Å². The fourth-order valence-corrected chi connectivity index (χ4v) is 7.25. The topological polar surface area (TPSA) is 188 Å². The quantitative estimate of drug-likeness (QED) is 0.0706. The van der Waals surface area contributed by atoms with E-state index in [1.165, 1.54) is 31.3 Å². The van der Waals surface area contributed by atoms with E-state index in [1.807, 2.05) is 0 Å². The van der Waals surface area contributed by atoms with Crippen molar-refractivity contribution in [1.29, 1.82) is 0 Å². The average molecular weight is 831 g/mol. The molecule has 2 aromatic carbocycles. The molecule has 0 radical (unpaired) electrons. The van der Waals surface area contributed by atoms with Crippen molar-refractivity contribution in [2.45, 2.75) is 51.7 Å². The molecule has 17 heteroatoms. The molecule has 4 aromatic rings. The van der Waals surface area contributed by atoms with E-state index in [9.17, 15) is 14.4 Å². The Morgan fingerprint density at radius 3 is 1.65 bits per heavy atom. The van der Waals surface area contributed by atoms with Crippen molar-refractivity contribution in [2.75, 3.05) is 72.4 Å². The van der Waals surface area contributed by atoms with Gasteiger partial charge in [-0.1, -0.05) is 24.3 Å². The standard InChI is InChI=1S/C19H23NO5S.C19H25NO4S.C2H2O4/c1-2-24-19(22)25-16-12-20(13-16)18(21)6-9-23-8-5-14-3-4-17-15(11-14)7-10-26-17;1-2-23-19(21)24-17-13-20(14-17)8-3-9-22-10-6-15-4-5-18-16(12-15)7-11-25-18;3-1(4)2(5)6/h3-4,7,10-11,16H,2,5-6,8-9,12-13H2,1H3;4-5,7,11-12,17H,2-3,6,8-10,13-14H2,1H3;(H,3,4)(H,5,6). The summed E-state index contributed by atoms with van der Waals surface area (Å²) in [5.41, 5.74) is 2.57.